The highest BCUT2D eigenvalue weighted by molar-refractivity contribution is 9.10. The fraction of sp³-hybridized carbons (Fsp3) is 0.615. The smallest absolute Gasteiger partial charge is 0.0753 e. The number of aromatic nitrogens is 1. The average molecular weight is 314 g/mol. The predicted octanol–water partition coefficient (Wildman–Crippen LogP) is 1.95. The molecule has 1 saturated heterocycles. The van der Waals surface area contributed by atoms with Crippen molar-refractivity contribution in [2.75, 3.05) is 26.2 Å². The third-order valence-electron chi connectivity index (χ3n) is 3.23. The Bertz CT molecular complexity index is 411. The van der Waals surface area contributed by atoms with E-state index >= 15 is 0 Å². The first-order valence-corrected chi connectivity index (χ1v) is 7.00. The zero-order valence-corrected chi connectivity index (χ0v) is 12.5. The molecule has 1 aliphatic rings. The van der Waals surface area contributed by atoms with E-state index < -0.39 is 0 Å². The van der Waals surface area contributed by atoms with Crippen LogP contribution in [0, 0.1) is 0 Å². The number of hydrogen-bond acceptors (Lipinski definition) is 4. The van der Waals surface area contributed by atoms with Crippen molar-refractivity contribution in [2.24, 2.45) is 5.73 Å². The van der Waals surface area contributed by atoms with Crippen molar-refractivity contribution in [1.82, 2.24) is 9.88 Å². The normalized spacial score (nSPS) is 21.8. The van der Waals surface area contributed by atoms with Gasteiger partial charge in [-0.1, -0.05) is 0 Å². The molecule has 1 aliphatic heterocycles. The first-order chi connectivity index (χ1) is 8.52. The quantitative estimate of drug-likeness (QED) is 0.926. The number of halogens is 1. The molecule has 0 amide bonds. The monoisotopic (exact) mass is 313 g/mol. The summed E-state index contributed by atoms with van der Waals surface area (Å²) in [5, 5.41) is 0. The van der Waals surface area contributed by atoms with Gasteiger partial charge in [0.2, 0.25) is 0 Å². The Kier molecular flexibility index (Phi) is 4.37. The van der Waals surface area contributed by atoms with E-state index in [1.807, 2.05) is 6.20 Å². The highest BCUT2D eigenvalue weighted by Gasteiger charge is 2.31. The molecule has 4 nitrogen and oxygen atoms in total. The molecule has 1 fully saturated rings. The Morgan fingerprint density at radius 1 is 1.56 bits per heavy atom. The molecule has 0 aliphatic carbocycles. The van der Waals surface area contributed by atoms with Gasteiger partial charge in [-0.25, -0.2) is 0 Å². The van der Waals surface area contributed by atoms with Crippen LogP contribution in [0.1, 0.15) is 25.5 Å². The number of hydrogen-bond donors (Lipinski definition) is 1. The third kappa shape index (κ3) is 3.29. The van der Waals surface area contributed by atoms with Crippen LogP contribution < -0.4 is 5.73 Å². The van der Waals surface area contributed by atoms with Crippen molar-refractivity contribution in [2.45, 2.75) is 25.5 Å². The van der Waals surface area contributed by atoms with Gasteiger partial charge in [-0.05, 0) is 41.4 Å². The van der Waals surface area contributed by atoms with E-state index in [-0.39, 0.29) is 11.6 Å². The van der Waals surface area contributed by atoms with E-state index in [9.17, 15) is 0 Å². The van der Waals surface area contributed by atoms with Crippen LogP contribution in [-0.2, 0) is 4.74 Å². The van der Waals surface area contributed by atoms with Gasteiger partial charge < -0.3 is 10.5 Å². The summed E-state index contributed by atoms with van der Waals surface area (Å²) in [7, 11) is 0. The third-order valence-corrected chi connectivity index (χ3v) is 3.66. The minimum Gasteiger partial charge on any atom is -0.373 e. The van der Waals surface area contributed by atoms with Crippen molar-refractivity contribution >= 4 is 15.9 Å². The number of nitrogens with two attached hydrogens (primary N) is 1. The lowest BCUT2D eigenvalue weighted by Crippen LogP contribution is -2.50. The van der Waals surface area contributed by atoms with Crippen LogP contribution in [0.3, 0.4) is 0 Å². The highest BCUT2D eigenvalue weighted by Crippen LogP contribution is 2.26. The Hall–Kier alpha value is -0.490. The Morgan fingerprint density at radius 2 is 2.33 bits per heavy atom. The summed E-state index contributed by atoms with van der Waals surface area (Å²) in [5.41, 5.74) is 7.00. The average Bonchev–Trinajstić information content (AvgIpc) is 2.29. The Labute approximate surface area is 117 Å². The molecule has 1 aromatic heterocycles. The minimum atomic E-state index is -0.106. The van der Waals surface area contributed by atoms with Crippen molar-refractivity contribution in [3.05, 3.63) is 28.5 Å². The minimum absolute atomic E-state index is 0.106. The molecule has 0 bridgehead atoms. The van der Waals surface area contributed by atoms with E-state index in [0.717, 1.165) is 29.7 Å². The van der Waals surface area contributed by atoms with Gasteiger partial charge >= 0.3 is 0 Å². The summed E-state index contributed by atoms with van der Waals surface area (Å²) in [5.74, 6) is 0. The summed E-state index contributed by atoms with van der Waals surface area (Å²) < 4.78 is 6.73. The fourth-order valence-corrected chi connectivity index (χ4v) is 2.81. The van der Waals surface area contributed by atoms with Crippen LogP contribution in [-0.4, -0.2) is 41.7 Å². The van der Waals surface area contributed by atoms with Gasteiger partial charge in [0.25, 0.3) is 0 Å². The molecular formula is C13H20BrN3O. The Morgan fingerprint density at radius 3 is 2.94 bits per heavy atom. The maximum Gasteiger partial charge on any atom is 0.0753 e. The topological polar surface area (TPSA) is 51.4 Å². The lowest BCUT2D eigenvalue weighted by atomic mass is 10.0. The largest absolute Gasteiger partial charge is 0.373 e. The predicted molar refractivity (Wildman–Crippen MR) is 75.3 cm³/mol. The molecule has 0 saturated carbocycles. The fourth-order valence-electron chi connectivity index (χ4n) is 2.43. The molecule has 1 aromatic rings. The molecule has 18 heavy (non-hydrogen) atoms. The van der Waals surface area contributed by atoms with Crippen molar-refractivity contribution in [1.29, 1.82) is 0 Å². The van der Waals surface area contributed by atoms with E-state index in [1.165, 1.54) is 0 Å². The second-order valence-electron chi connectivity index (χ2n) is 5.27. The first kappa shape index (κ1) is 13.9. The molecule has 5 heteroatoms. The first-order valence-electron chi connectivity index (χ1n) is 6.20. The van der Waals surface area contributed by atoms with Crippen LogP contribution in [0.4, 0.5) is 0 Å². The number of rotatable bonds is 3. The summed E-state index contributed by atoms with van der Waals surface area (Å²) in [4.78, 5) is 6.61. The molecule has 100 valence electrons. The highest BCUT2D eigenvalue weighted by atomic mass is 79.9. The second kappa shape index (κ2) is 5.65. The standard InChI is InChI=1S/C13H20BrN3O/c1-13(2)9-17(3-4-18-13)12(6-15)10-5-11(14)8-16-7-10/h5,7-8,12H,3-4,6,9,15H2,1-2H3. The number of morpholine rings is 1. The van der Waals surface area contributed by atoms with Crippen molar-refractivity contribution < 1.29 is 4.74 Å². The van der Waals surface area contributed by atoms with Gasteiger partial charge in [0.1, 0.15) is 0 Å². The molecule has 1 atom stereocenters. The maximum atomic E-state index is 5.95. The molecular weight excluding hydrogens is 294 g/mol. The van der Waals surface area contributed by atoms with Crippen LogP contribution in [0.15, 0.2) is 22.9 Å². The summed E-state index contributed by atoms with van der Waals surface area (Å²) in [6.45, 7) is 7.39. The van der Waals surface area contributed by atoms with Gasteiger partial charge in [-0.2, -0.15) is 0 Å². The lowest BCUT2D eigenvalue weighted by molar-refractivity contribution is -0.0967. The summed E-state index contributed by atoms with van der Waals surface area (Å²) in [6, 6.07) is 2.30. The number of nitrogens with zero attached hydrogens (tertiary/aromatic N) is 2. The van der Waals surface area contributed by atoms with Gasteiger partial charge in [0, 0.05) is 42.5 Å². The second-order valence-corrected chi connectivity index (χ2v) is 6.18. The molecule has 2 rings (SSSR count). The van der Waals surface area contributed by atoms with Crippen molar-refractivity contribution in [3.8, 4) is 0 Å². The van der Waals surface area contributed by atoms with E-state index in [1.54, 1.807) is 6.20 Å². The molecule has 1 unspecified atom stereocenters. The van der Waals surface area contributed by atoms with Crippen molar-refractivity contribution in [3.63, 3.8) is 0 Å². The summed E-state index contributed by atoms with van der Waals surface area (Å²) >= 11 is 3.46. The summed E-state index contributed by atoms with van der Waals surface area (Å²) in [6.07, 6.45) is 3.69. The van der Waals surface area contributed by atoms with E-state index in [0.29, 0.717) is 6.54 Å². The van der Waals surface area contributed by atoms with Crippen LogP contribution in [0.25, 0.3) is 0 Å². The molecule has 2 N–H and O–H groups in total. The molecule has 0 radical (unpaired) electrons. The van der Waals surface area contributed by atoms with E-state index in [2.05, 4.69) is 45.7 Å². The number of pyridine rings is 1. The molecule has 0 spiro atoms. The molecule has 0 aromatic carbocycles. The zero-order chi connectivity index (χ0) is 13.2. The van der Waals surface area contributed by atoms with Crippen LogP contribution >= 0.6 is 15.9 Å². The van der Waals surface area contributed by atoms with Gasteiger partial charge in [0.05, 0.1) is 12.2 Å². The van der Waals surface area contributed by atoms with E-state index in [4.69, 9.17) is 10.5 Å². The number of ether oxygens (including phenoxy) is 1. The maximum absolute atomic E-state index is 5.95. The lowest BCUT2D eigenvalue weighted by Gasteiger charge is -2.42. The molecule has 2 heterocycles. The Balaban J connectivity index is 2.18. The van der Waals surface area contributed by atoms with Crippen LogP contribution in [0.2, 0.25) is 0 Å². The van der Waals surface area contributed by atoms with Gasteiger partial charge in [-0.3, -0.25) is 9.88 Å². The van der Waals surface area contributed by atoms with Gasteiger partial charge in [0.15, 0.2) is 0 Å². The zero-order valence-electron chi connectivity index (χ0n) is 10.9. The SMILES string of the molecule is CC1(C)CN(C(CN)c2cncc(Br)c2)CCO1. The van der Waals surface area contributed by atoms with Crippen LogP contribution in [0.5, 0.6) is 0 Å². The van der Waals surface area contributed by atoms with Gasteiger partial charge in [-0.15, -0.1) is 0 Å².